The van der Waals surface area contributed by atoms with Crippen molar-refractivity contribution < 1.29 is 13.2 Å². The first-order valence-electron chi connectivity index (χ1n) is 8.66. The maximum absolute atomic E-state index is 12.4. The molecule has 8 heteroatoms. The van der Waals surface area contributed by atoms with Crippen LogP contribution in [0.15, 0.2) is 18.2 Å². The highest BCUT2D eigenvalue weighted by molar-refractivity contribution is 7.90. The second kappa shape index (κ2) is 6.41. The van der Waals surface area contributed by atoms with Gasteiger partial charge in [0.05, 0.1) is 17.1 Å². The standard InChI is InChI=1S/C17H23N3O3S2/c1-19(25(21,22)13-6-7-13)12-8-10-20(11-9-12)17-18-16-14(23-2)4-3-5-15(16)24-17/h3-5,12-13H,6-11H2,1-2H3. The van der Waals surface area contributed by atoms with Gasteiger partial charge >= 0.3 is 0 Å². The SMILES string of the molecule is COc1cccc2sc(N3CCC(N(C)S(=O)(=O)C4CC4)CC3)nc12. The molecule has 0 bridgehead atoms. The summed E-state index contributed by atoms with van der Waals surface area (Å²) in [6, 6.07) is 6.07. The van der Waals surface area contributed by atoms with E-state index >= 15 is 0 Å². The number of hydrogen-bond acceptors (Lipinski definition) is 6. The number of aromatic nitrogens is 1. The van der Waals surface area contributed by atoms with Crippen molar-refractivity contribution in [2.24, 2.45) is 0 Å². The van der Waals surface area contributed by atoms with Crippen molar-refractivity contribution in [2.75, 3.05) is 32.1 Å². The Morgan fingerprint density at radius 2 is 1.96 bits per heavy atom. The topological polar surface area (TPSA) is 62.7 Å². The fourth-order valence-electron chi connectivity index (χ4n) is 3.44. The Labute approximate surface area is 152 Å². The molecule has 4 rings (SSSR count). The van der Waals surface area contributed by atoms with Crippen molar-refractivity contribution in [3.05, 3.63) is 18.2 Å². The molecule has 6 nitrogen and oxygen atoms in total. The number of para-hydroxylation sites is 1. The smallest absolute Gasteiger partial charge is 0.216 e. The number of benzene rings is 1. The summed E-state index contributed by atoms with van der Waals surface area (Å²) in [7, 11) is 0.317. The number of anilines is 1. The third kappa shape index (κ3) is 3.11. The van der Waals surface area contributed by atoms with Gasteiger partial charge in [0.1, 0.15) is 11.3 Å². The number of thiazole rings is 1. The number of piperidine rings is 1. The lowest BCUT2D eigenvalue weighted by Crippen LogP contribution is -2.46. The van der Waals surface area contributed by atoms with E-state index in [1.807, 2.05) is 12.1 Å². The van der Waals surface area contributed by atoms with E-state index in [-0.39, 0.29) is 11.3 Å². The van der Waals surface area contributed by atoms with Crippen LogP contribution >= 0.6 is 11.3 Å². The molecular formula is C17H23N3O3S2. The zero-order valence-electron chi connectivity index (χ0n) is 14.5. The maximum atomic E-state index is 12.4. The summed E-state index contributed by atoms with van der Waals surface area (Å²) in [6.45, 7) is 1.66. The Morgan fingerprint density at radius 1 is 1.24 bits per heavy atom. The molecule has 0 N–H and O–H groups in total. The average molecular weight is 382 g/mol. The van der Waals surface area contributed by atoms with E-state index in [2.05, 4.69) is 11.0 Å². The largest absolute Gasteiger partial charge is 0.494 e. The maximum Gasteiger partial charge on any atom is 0.216 e. The van der Waals surface area contributed by atoms with Crippen LogP contribution in [0.5, 0.6) is 5.75 Å². The van der Waals surface area contributed by atoms with E-state index < -0.39 is 10.0 Å². The highest BCUT2D eigenvalue weighted by Crippen LogP contribution is 2.36. The number of ether oxygens (including phenoxy) is 1. The summed E-state index contributed by atoms with van der Waals surface area (Å²) in [5, 5.41) is 0.859. The molecule has 136 valence electrons. The average Bonchev–Trinajstić information content (AvgIpc) is 3.40. The van der Waals surface area contributed by atoms with Gasteiger partial charge in [0.2, 0.25) is 10.0 Å². The zero-order valence-corrected chi connectivity index (χ0v) is 16.1. The molecule has 0 radical (unpaired) electrons. The summed E-state index contributed by atoms with van der Waals surface area (Å²) in [5.41, 5.74) is 0.903. The van der Waals surface area contributed by atoms with Gasteiger partial charge in [-0.25, -0.2) is 17.7 Å². The third-order valence-corrected chi connectivity index (χ3v) is 8.68. The second-order valence-electron chi connectivity index (χ2n) is 6.78. The molecule has 1 aromatic carbocycles. The molecule has 1 saturated heterocycles. The van der Waals surface area contributed by atoms with Crippen molar-refractivity contribution in [1.29, 1.82) is 0 Å². The van der Waals surface area contributed by atoms with Crippen LogP contribution in [0.25, 0.3) is 10.2 Å². The fraction of sp³-hybridized carbons (Fsp3) is 0.588. The zero-order chi connectivity index (χ0) is 17.6. The summed E-state index contributed by atoms with van der Waals surface area (Å²) in [6.07, 6.45) is 3.32. The van der Waals surface area contributed by atoms with E-state index in [1.54, 1.807) is 29.8 Å². The molecule has 0 unspecified atom stereocenters. The van der Waals surface area contributed by atoms with Crippen LogP contribution in [0.4, 0.5) is 5.13 Å². The molecule has 0 atom stereocenters. The van der Waals surface area contributed by atoms with Crippen molar-refractivity contribution >= 4 is 36.7 Å². The van der Waals surface area contributed by atoms with E-state index in [0.717, 1.165) is 59.9 Å². The number of rotatable bonds is 5. The first-order valence-corrected chi connectivity index (χ1v) is 11.0. The first kappa shape index (κ1) is 17.1. The highest BCUT2D eigenvalue weighted by atomic mass is 32.2. The highest BCUT2D eigenvalue weighted by Gasteiger charge is 2.41. The van der Waals surface area contributed by atoms with Crippen LogP contribution < -0.4 is 9.64 Å². The predicted molar refractivity (Wildman–Crippen MR) is 101 cm³/mol. The third-order valence-electron chi connectivity index (χ3n) is 5.19. The summed E-state index contributed by atoms with van der Waals surface area (Å²) in [5.74, 6) is 0.796. The molecule has 2 heterocycles. The quantitative estimate of drug-likeness (QED) is 0.797. The Morgan fingerprint density at radius 3 is 2.60 bits per heavy atom. The minimum absolute atomic E-state index is 0.103. The van der Waals surface area contributed by atoms with Gasteiger partial charge in [-0.2, -0.15) is 0 Å². The number of fused-ring (bicyclic) bond motifs is 1. The number of hydrogen-bond donors (Lipinski definition) is 0. The lowest BCUT2D eigenvalue weighted by molar-refractivity contribution is 0.311. The summed E-state index contributed by atoms with van der Waals surface area (Å²) < 4.78 is 33.0. The van der Waals surface area contributed by atoms with Crippen molar-refractivity contribution in [3.8, 4) is 5.75 Å². The monoisotopic (exact) mass is 381 g/mol. The van der Waals surface area contributed by atoms with Gasteiger partial charge in [0, 0.05) is 26.2 Å². The Kier molecular flexibility index (Phi) is 4.37. The lowest BCUT2D eigenvalue weighted by Gasteiger charge is -2.36. The van der Waals surface area contributed by atoms with Gasteiger partial charge < -0.3 is 9.64 Å². The van der Waals surface area contributed by atoms with Gasteiger partial charge in [-0.3, -0.25) is 0 Å². The lowest BCUT2D eigenvalue weighted by atomic mass is 10.1. The van der Waals surface area contributed by atoms with Crippen LogP contribution in [0.3, 0.4) is 0 Å². The first-order chi connectivity index (χ1) is 12.0. The summed E-state index contributed by atoms with van der Waals surface area (Å²) >= 11 is 1.67. The van der Waals surface area contributed by atoms with E-state index in [1.165, 1.54) is 0 Å². The molecule has 2 aromatic rings. The molecule has 1 aliphatic carbocycles. The summed E-state index contributed by atoms with van der Waals surface area (Å²) in [4.78, 5) is 7.01. The van der Waals surface area contributed by atoms with Crippen molar-refractivity contribution in [3.63, 3.8) is 0 Å². The van der Waals surface area contributed by atoms with E-state index in [0.29, 0.717) is 0 Å². The molecule has 2 fully saturated rings. The number of methoxy groups -OCH3 is 1. The van der Waals surface area contributed by atoms with Crippen LogP contribution in [-0.2, 0) is 10.0 Å². The fourth-order valence-corrected chi connectivity index (χ4v) is 6.30. The Bertz CT molecular complexity index is 868. The predicted octanol–water partition coefficient (Wildman–Crippen LogP) is 2.70. The minimum atomic E-state index is -3.09. The minimum Gasteiger partial charge on any atom is -0.494 e. The van der Waals surface area contributed by atoms with Crippen molar-refractivity contribution in [2.45, 2.75) is 37.0 Å². The van der Waals surface area contributed by atoms with Crippen LogP contribution in [0.2, 0.25) is 0 Å². The van der Waals surface area contributed by atoms with Crippen LogP contribution in [0.1, 0.15) is 25.7 Å². The van der Waals surface area contributed by atoms with Crippen LogP contribution in [-0.4, -0.2) is 56.2 Å². The second-order valence-corrected chi connectivity index (χ2v) is 10.1. The Hall–Kier alpha value is -1.38. The van der Waals surface area contributed by atoms with Gasteiger partial charge in [0.15, 0.2) is 5.13 Å². The molecule has 1 aliphatic heterocycles. The molecule has 2 aliphatic rings. The van der Waals surface area contributed by atoms with Gasteiger partial charge in [0.25, 0.3) is 0 Å². The normalized spacial score (nSPS) is 19.7. The molecular weight excluding hydrogens is 358 g/mol. The van der Waals surface area contributed by atoms with Gasteiger partial charge in [-0.15, -0.1) is 0 Å². The number of nitrogens with zero attached hydrogens (tertiary/aromatic N) is 3. The van der Waals surface area contributed by atoms with Gasteiger partial charge in [-0.1, -0.05) is 17.4 Å². The number of sulfonamides is 1. The van der Waals surface area contributed by atoms with E-state index in [9.17, 15) is 8.42 Å². The van der Waals surface area contributed by atoms with Gasteiger partial charge in [-0.05, 0) is 37.8 Å². The van der Waals surface area contributed by atoms with E-state index in [4.69, 9.17) is 9.72 Å². The van der Waals surface area contributed by atoms with Crippen molar-refractivity contribution in [1.82, 2.24) is 9.29 Å². The molecule has 0 spiro atoms. The Balaban J connectivity index is 1.47. The molecule has 1 saturated carbocycles. The molecule has 0 amide bonds. The molecule has 1 aromatic heterocycles. The van der Waals surface area contributed by atoms with Crippen LogP contribution in [0, 0.1) is 0 Å². The molecule has 25 heavy (non-hydrogen) atoms.